The fourth-order valence-corrected chi connectivity index (χ4v) is 13.3. The second kappa shape index (κ2) is 26.3. The highest BCUT2D eigenvalue weighted by atomic mass is 16.3. The van der Waals surface area contributed by atoms with Crippen molar-refractivity contribution in [3.8, 4) is 17.2 Å². The zero-order valence-electron chi connectivity index (χ0n) is 58.6. The third kappa shape index (κ3) is 13.0. The molecule has 0 spiro atoms. The van der Waals surface area contributed by atoms with Crippen molar-refractivity contribution in [2.75, 3.05) is 0 Å². The summed E-state index contributed by atoms with van der Waals surface area (Å²) in [5, 5.41) is 37.2. The highest BCUT2D eigenvalue weighted by Gasteiger charge is 2.37. The molecule has 0 radical (unpaired) electrons. The topological polar surface area (TPSA) is 304 Å². The van der Waals surface area contributed by atoms with Gasteiger partial charge < -0.3 is 38.6 Å². The van der Waals surface area contributed by atoms with Crippen LogP contribution >= 0.6 is 0 Å². The van der Waals surface area contributed by atoms with Crippen LogP contribution in [-0.2, 0) is 40.6 Å². The number of aromatic amines is 1. The van der Waals surface area contributed by atoms with Gasteiger partial charge >= 0.3 is 0 Å². The SMILES string of the molecule is C=c1cc(C)c2c(O)c3c(c(=O)c=2n1CC(C)C)=NC(=O)C=C3C.C=c1cc(C)c2c(O)c3c(c(=O)c=2n1CCC(C)(C)C)=NC(=O)C=C3C.C=c1cc(C)c2c(O)c3c(c(=O)c=2n1CCC)=NC(=O)C=C3C.Cc1cc(=O)[nH]c2c1C(=O)c1c(C)cc(=O)n(CC(C)(C)C)c1C2=O. The minimum Gasteiger partial charge on any atom is -0.507 e. The molecule has 98 heavy (non-hydrogen) atoms. The Bertz CT molecular complexity index is 5940. The summed E-state index contributed by atoms with van der Waals surface area (Å²) in [6.07, 6.45) is 5.66. The third-order valence-corrected chi connectivity index (χ3v) is 17.5. The predicted molar refractivity (Wildman–Crippen MR) is 375 cm³/mol. The number of aryl methyl sites for hydroxylation is 5. The van der Waals surface area contributed by atoms with Gasteiger partial charge in [0.2, 0.25) is 27.6 Å². The maximum Gasteiger partial charge on any atom is 0.270 e. The predicted octanol–water partition coefficient (Wildman–Crippen LogP) is 6.16. The van der Waals surface area contributed by atoms with Crippen molar-refractivity contribution < 1.29 is 39.3 Å². The van der Waals surface area contributed by atoms with Crippen LogP contribution in [0.3, 0.4) is 0 Å². The Morgan fingerprint density at radius 1 is 0.469 bits per heavy atom. The van der Waals surface area contributed by atoms with E-state index in [2.05, 4.69) is 60.5 Å². The van der Waals surface area contributed by atoms with Crippen molar-refractivity contribution in [2.24, 2.45) is 31.7 Å². The monoisotopic (exact) mass is 1330 g/mol. The van der Waals surface area contributed by atoms with E-state index >= 15 is 0 Å². The second-order valence-electron chi connectivity index (χ2n) is 28.5. The van der Waals surface area contributed by atoms with Gasteiger partial charge in [-0.1, -0.05) is 82.1 Å². The van der Waals surface area contributed by atoms with E-state index in [1.165, 1.54) is 34.9 Å². The number of amides is 3. The lowest BCUT2D eigenvalue weighted by Crippen LogP contribution is -2.38. The number of rotatable bonds is 7. The molecule has 2 aromatic heterocycles. The third-order valence-electron chi connectivity index (χ3n) is 17.5. The molecule has 4 N–H and O–H groups in total. The summed E-state index contributed by atoms with van der Waals surface area (Å²) in [4.78, 5) is 139. The minimum absolute atomic E-state index is 0.000365. The Balaban J connectivity index is 0.000000153. The largest absolute Gasteiger partial charge is 0.507 e. The van der Waals surface area contributed by atoms with Gasteiger partial charge in [-0.3, -0.25) is 47.9 Å². The molecule has 3 amide bonds. The van der Waals surface area contributed by atoms with E-state index in [1.807, 2.05) is 89.6 Å². The molecule has 0 atom stereocenters. The molecule has 0 saturated heterocycles. The van der Waals surface area contributed by atoms with Crippen LogP contribution in [0, 0.1) is 83.1 Å². The molecule has 0 aromatic carbocycles. The van der Waals surface area contributed by atoms with Crippen LogP contribution in [0.2, 0.25) is 0 Å². The number of pyridine rings is 2. The first-order valence-corrected chi connectivity index (χ1v) is 32.3. The molecule has 4 aliphatic carbocycles. The average Bonchev–Trinajstić information content (AvgIpc) is 0.748. The van der Waals surface area contributed by atoms with E-state index in [-0.39, 0.29) is 94.3 Å². The normalized spacial score (nSPS) is 13.9. The number of hydrogen-bond donors (Lipinski definition) is 4. The minimum atomic E-state index is -0.490. The molecule has 8 heterocycles. The van der Waals surface area contributed by atoms with Crippen molar-refractivity contribution in [3.63, 3.8) is 0 Å². The van der Waals surface area contributed by atoms with E-state index in [9.17, 15) is 63.3 Å². The lowest BCUT2D eigenvalue weighted by atomic mass is 9.85. The number of allylic oxidation sites excluding steroid dienone is 3. The number of nitrogens with one attached hydrogen (secondary N) is 1. The summed E-state index contributed by atoms with van der Waals surface area (Å²) >= 11 is 0. The van der Waals surface area contributed by atoms with Gasteiger partial charge in [0, 0.05) is 88.2 Å². The zero-order chi connectivity index (χ0) is 72.7. The number of carbonyl (C=O) groups is 5. The molecule has 0 unspecified atom stereocenters. The fourth-order valence-electron chi connectivity index (χ4n) is 13.3. The fraction of sp³-hybridized carbons (Fsp3) is 0.338. The van der Waals surface area contributed by atoms with E-state index in [0.717, 1.165) is 29.5 Å². The Labute approximate surface area is 562 Å². The van der Waals surface area contributed by atoms with Gasteiger partial charge in [0.05, 0.1) is 27.8 Å². The Morgan fingerprint density at radius 3 is 1.22 bits per heavy atom. The molecular weight excluding hydrogens is 1240 g/mol. The van der Waals surface area contributed by atoms with Crippen LogP contribution in [0.5, 0.6) is 17.2 Å². The molecule has 6 aliphatic heterocycles. The van der Waals surface area contributed by atoms with Gasteiger partial charge in [-0.15, -0.1) is 0 Å². The number of aromatic nitrogens is 5. The van der Waals surface area contributed by atoms with Gasteiger partial charge in [-0.25, -0.2) is 15.0 Å². The molecular formula is C77H82N8O13. The van der Waals surface area contributed by atoms with E-state index in [1.54, 1.807) is 39.2 Å². The van der Waals surface area contributed by atoms with E-state index in [0.29, 0.717) is 124 Å². The molecule has 12 rings (SSSR count). The Morgan fingerprint density at radius 2 is 0.847 bits per heavy atom. The van der Waals surface area contributed by atoms with Gasteiger partial charge in [0.1, 0.15) is 60.8 Å². The first-order chi connectivity index (χ1) is 45.6. The summed E-state index contributed by atoms with van der Waals surface area (Å²) < 4.78 is 6.79. The lowest BCUT2D eigenvalue weighted by Gasteiger charge is -2.27. The van der Waals surface area contributed by atoms with Crippen LogP contribution in [0.25, 0.3) is 36.5 Å². The zero-order valence-corrected chi connectivity index (χ0v) is 58.6. The number of fused-ring (bicyclic) bond motifs is 5. The molecule has 10 aliphatic rings. The number of nitrogens with zero attached hydrogens (tertiary/aromatic N) is 7. The maximum atomic E-state index is 13.2. The molecule has 0 saturated carbocycles. The summed E-state index contributed by atoms with van der Waals surface area (Å²) in [5.41, 5.74) is 4.48. The second-order valence-corrected chi connectivity index (χ2v) is 28.5. The maximum absolute atomic E-state index is 13.2. The highest BCUT2D eigenvalue weighted by Crippen LogP contribution is 2.32. The number of carbonyl (C=O) groups excluding carboxylic acids is 5. The van der Waals surface area contributed by atoms with Crippen LogP contribution in [0.4, 0.5) is 0 Å². The molecule has 21 heteroatoms. The van der Waals surface area contributed by atoms with Crippen molar-refractivity contribution in [2.45, 2.75) is 157 Å². The number of H-pyrrole nitrogens is 1. The van der Waals surface area contributed by atoms with Crippen molar-refractivity contribution >= 4 is 65.7 Å². The number of hydrogen-bond acceptors (Lipinski definition) is 13. The molecule has 0 bridgehead atoms. The average molecular weight is 1330 g/mol. The van der Waals surface area contributed by atoms with Crippen molar-refractivity contribution in [3.05, 3.63) is 231 Å². The first kappa shape index (κ1) is 71.5. The molecule has 508 valence electrons. The van der Waals surface area contributed by atoms with Crippen LogP contribution < -0.4 is 59.5 Å². The number of ketones is 2. The smallest absolute Gasteiger partial charge is 0.270 e. The highest BCUT2D eigenvalue weighted by molar-refractivity contribution is 6.28. The Kier molecular flexibility index (Phi) is 19.2. The van der Waals surface area contributed by atoms with Crippen LogP contribution in [0.1, 0.15) is 173 Å². The van der Waals surface area contributed by atoms with Crippen LogP contribution in [0.15, 0.2) is 87.5 Å². The van der Waals surface area contributed by atoms with Gasteiger partial charge in [0.15, 0.2) is 5.78 Å². The van der Waals surface area contributed by atoms with Crippen molar-refractivity contribution in [1.82, 2.24) is 23.3 Å². The molecule has 21 nitrogen and oxygen atoms in total. The number of aromatic hydroxyl groups is 3. The summed E-state index contributed by atoms with van der Waals surface area (Å²) in [6.45, 7) is 46.4. The van der Waals surface area contributed by atoms with Crippen LogP contribution in [-0.4, -0.2) is 67.9 Å². The summed E-state index contributed by atoms with van der Waals surface area (Å²) in [7, 11) is 0. The molecule has 2 aromatic rings. The first-order valence-electron chi connectivity index (χ1n) is 32.3. The van der Waals surface area contributed by atoms with E-state index in [4.69, 9.17) is 0 Å². The molecule has 0 fully saturated rings. The summed E-state index contributed by atoms with van der Waals surface area (Å²) in [6, 6.07) is 8.28. The lowest BCUT2D eigenvalue weighted by molar-refractivity contribution is -0.114. The van der Waals surface area contributed by atoms with Gasteiger partial charge in [-0.2, -0.15) is 0 Å². The summed E-state index contributed by atoms with van der Waals surface area (Å²) in [5.74, 6) is -1.96. The standard InChI is InChI=1S/C21H24N2O3.C19H20N2O4.C19H20N2O3.C18H18N2O3/c1-11-9-13(3)23(8-7-21(4,5)6)18-16(11)19(25)15-12(2)10-14(24)22-17(15)20(18)26;1-9-6-11(22)20-15-13(9)17(24)14-10(2)7-12(23)21(8-19(3,4)5)16(14)18(15)25;1-9(2)8-21-12(5)6-10(3)15-17(21)19(24)16-14(18(15)23)11(4)7-13(22)20-16;1-5-6-20-11(4)7-9(2)14-16(20)18(23)15-13(17(14)22)10(3)8-12(21)19-15/h9-10,25H,3,7-8H2,1-2,4-6H3;6-7H,8H2,1-5H3,(H,20,22);6-7,9,23H,5,8H2,1-4H3;7-8,22H,4-6H2,1-3H3. The Hall–Kier alpha value is -10.8. The van der Waals surface area contributed by atoms with Gasteiger partial charge in [0.25, 0.3) is 23.3 Å². The quantitative estimate of drug-likeness (QED) is 0.139. The van der Waals surface area contributed by atoms with E-state index < -0.39 is 29.1 Å². The van der Waals surface area contributed by atoms with Gasteiger partial charge in [-0.05, 0) is 148 Å². The van der Waals surface area contributed by atoms with Crippen molar-refractivity contribution in [1.29, 1.82) is 0 Å².